The van der Waals surface area contributed by atoms with Crippen molar-refractivity contribution in [3.63, 3.8) is 0 Å². The van der Waals surface area contributed by atoms with Crippen LogP contribution in [0.15, 0.2) is 53.0 Å². The summed E-state index contributed by atoms with van der Waals surface area (Å²) >= 11 is 3.32. The van der Waals surface area contributed by atoms with E-state index in [-0.39, 0.29) is 23.8 Å². The summed E-state index contributed by atoms with van der Waals surface area (Å²) in [4.78, 5) is 27.4. The Morgan fingerprint density at radius 1 is 1.09 bits per heavy atom. The zero-order valence-corrected chi connectivity index (χ0v) is 21.5. The van der Waals surface area contributed by atoms with Crippen LogP contribution in [0.25, 0.3) is 0 Å². The molecular formula is C23H29BrFN3O4S. The van der Waals surface area contributed by atoms with Gasteiger partial charge in [0.2, 0.25) is 21.8 Å². The summed E-state index contributed by atoms with van der Waals surface area (Å²) in [5, 5.41) is 2.82. The first kappa shape index (κ1) is 26.8. The number of nitrogens with one attached hydrogen (secondary N) is 1. The second-order valence-corrected chi connectivity index (χ2v) is 10.6. The molecule has 0 aliphatic rings. The van der Waals surface area contributed by atoms with E-state index in [0.29, 0.717) is 10.9 Å². The van der Waals surface area contributed by atoms with Crippen LogP contribution in [0.4, 0.5) is 10.1 Å². The van der Waals surface area contributed by atoms with Gasteiger partial charge in [-0.15, -0.1) is 0 Å². The van der Waals surface area contributed by atoms with E-state index in [2.05, 4.69) is 21.2 Å². The summed E-state index contributed by atoms with van der Waals surface area (Å²) in [7, 11) is -3.84. The maximum Gasteiger partial charge on any atom is 0.244 e. The molecule has 0 aliphatic carbocycles. The molecule has 0 bridgehead atoms. The van der Waals surface area contributed by atoms with Crippen LogP contribution in [0.2, 0.25) is 0 Å². The van der Waals surface area contributed by atoms with E-state index >= 15 is 0 Å². The number of hydrogen-bond donors (Lipinski definition) is 1. The van der Waals surface area contributed by atoms with Gasteiger partial charge in [0, 0.05) is 22.6 Å². The highest BCUT2D eigenvalue weighted by Gasteiger charge is 2.31. The largest absolute Gasteiger partial charge is 0.352 e. The lowest BCUT2D eigenvalue weighted by Gasteiger charge is -2.32. The number of anilines is 1. The van der Waals surface area contributed by atoms with Crippen LogP contribution in [-0.2, 0) is 26.2 Å². The third-order valence-electron chi connectivity index (χ3n) is 5.27. The van der Waals surface area contributed by atoms with Crippen molar-refractivity contribution < 1.29 is 22.4 Å². The van der Waals surface area contributed by atoms with Gasteiger partial charge in [-0.2, -0.15) is 0 Å². The van der Waals surface area contributed by atoms with Crippen LogP contribution >= 0.6 is 15.9 Å². The van der Waals surface area contributed by atoms with Crippen LogP contribution in [0.1, 0.15) is 32.8 Å². The number of halogens is 2. The van der Waals surface area contributed by atoms with Gasteiger partial charge in [0.1, 0.15) is 18.4 Å². The minimum absolute atomic E-state index is 0.113. The smallest absolute Gasteiger partial charge is 0.244 e. The molecule has 0 spiro atoms. The molecule has 10 heteroatoms. The molecule has 0 saturated heterocycles. The summed E-state index contributed by atoms with van der Waals surface area (Å²) < 4.78 is 40.9. The molecule has 2 rings (SSSR count). The fourth-order valence-corrected chi connectivity index (χ4v) is 4.58. The van der Waals surface area contributed by atoms with E-state index in [1.165, 1.54) is 23.1 Å². The van der Waals surface area contributed by atoms with Gasteiger partial charge in [-0.05, 0) is 54.4 Å². The van der Waals surface area contributed by atoms with Gasteiger partial charge in [0.05, 0.1) is 11.9 Å². The molecule has 0 saturated carbocycles. The number of para-hydroxylation sites is 1. The Morgan fingerprint density at radius 3 is 2.27 bits per heavy atom. The van der Waals surface area contributed by atoms with Crippen molar-refractivity contribution in [1.29, 1.82) is 0 Å². The number of amides is 2. The van der Waals surface area contributed by atoms with Crippen LogP contribution in [0.3, 0.4) is 0 Å². The van der Waals surface area contributed by atoms with Crippen LogP contribution < -0.4 is 9.62 Å². The van der Waals surface area contributed by atoms with Gasteiger partial charge < -0.3 is 10.2 Å². The average Bonchev–Trinajstić information content (AvgIpc) is 2.76. The number of carbonyl (C=O) groups is 2. The monoisotopic (exact) mass is 541 g/mol. The molecule has 1 N–H and O–H groups in total. The van der Waals surface area contributed by atoms with Crippen LogP contribution in [-0.4, -0.2) is 50.0 Å². The fraction of sp³-hybridized carbons (Fsp3) is 0.391. The Balaban J connectivity index is 2.41. The first-order valence-corrected chi connectivity index (χ1v) is 13.1. The average molecular weight is 542 g/mol. The first-order chi connectivity index (χ1) is 15.5. The van der Waals surface area contributed by atoms with E-state index in [1.54, 1.807) is 37.3 Å². The van der Waals surface area contributed by atoms with Gasteiger partial charge in [0.15, 0.2) is 0 Å². The SMILES string of the molecule is CCC(C)NC(=O)C(C)N(Cc1ccccc1F)C(=O)CN(c1ccccc1Br)S(C)(=O)=O. The summed E-state index contributed by atoms with van der Waals surface area (Å²) in [5.41, 5.74) is 0.511. The zero-order chi connectivity index (χ0) is 24.8. The standard InChI is InChI=1S/C23H29BrFN3O4S/c1-5-16(2)26-23(30)17(3)27(14-18-10-6-8-12-20(18)25)22(29)15-28(33(4,31)32)21-13-9-7-11-19(21)24/h6-13,16-17H,5,14-15H2,1-4H3,(H,26,30). The van der Waals surface area contributed by atoms with E-state index in [0.717, 1.165) is 10.6 Å². The number of sulfonamides is 1. The molecule has 0 heterocycles. The number of carbonyl (C=O) groups excluding carboxylic acids is 2. The molecule has 2 amide bonds. The third-order valence-corrected chi connectivity index (χ3v) is 7.06. The van der Waals surface area contributed by atoms with Crippen molar-refractivity contribution in [3.05, 3.63) is 64.4 Å². The van der Waals surface area contributed by atoms with Crippen molar-refractivity contribution in [2.75, 3.05) is 17.1 Å². The quantitative estimate of drug-likeness (QED) is 0.497. The number of nitrogens with zero attached hydrogens (tertiary/aromatic N) is 2. The van der Waals surface area contributed by atoms with Crippen LogP contribution in [0, 0.1) is 5.82 Å². The Hall–Kier alpha value is -2.46. The third kappa shape index (κ3) is 7.26. The number of benzene rings is 2. The molecule has 2 atom stereocenters. The highest BCUT2D eigenvalue weighted by Crippen LogP contribution is 2.28. The van der Waals surface area contributed by atoms with Gasteiger partial charge in [-0.25, -0.2) is 12.8 Å². The van der Waals surface area contributed by atoms with Gasteiger partial charge >= 0.3 is 0 Å². The summed E-state index contributed by atoms with van der Waals surface area (Å²) in [6.07, 6.45) is 1.70. The highest BCUT2D eigenvalue weighted by molar-refractivity contribution is 9.10. The minimum atomic E-state index is -3.84. The maximum absolute atomic E-state index is 14.4. The molecule has 0 aromatic heterocycles. The van der Waals surface area contributed by atoms with E-state index in [4.69, 9.17) is 0 Å². The summed E-state index contributed by atoms with van der Waals surface area (Å²) in [6.45, 7) is 4.57. The van der Waals surface area contributed by atoms with E-state index < -0.39 is 40.2 Å². The van der Waals surface area contributed by atoms with E-state index in [1.807, 2.05) is 13.8 Å². The first-order valence-electron chi connectivity index (χ1n) is 10.5. The molecule has 0 fully saturated rings. The lowest BCUT2D eigenvalue weighted by atomic mass is 10.1. The predicted octanol–water partition coefficient (Wildman–Crippen LogP) is 3.69. The Kier molecular flexibility index (Phi) is 9.42. The van der Waals surface area contributed by atoms with Gasteiger partial charge in [-0.3, -0.25) is 13.9 Å². The molecule has 2 aromatic carbocycles. The predicted molar refractivity (Wildman–Crippen MR) is 131 cm³/mol. The Labute approximate surface area is 203 Å². The molecule has 33 heavy (non-hydrogen) atoms. The second kappa shape index (κ2) is 11.6. The molecule has 2 unspecified atom stereocenters. The Morgan fingerprint density at radius 2 is 1.70 bits per heavy atom. The number of hydrogen-bond acceptors (Lipinski definition) is 4. The Bertz CT molecular complexity index is 1100. The molecule has 7 nitrogen and oxygen atoms in total. The van der Waals surface area contributed by atoms with E-state index in [9.17, 15) is 22.4 Å². The van der Waals surface area contributed by atoms with Gasteiger partial charge in [0.25, 0.3) is 0 Å². The zero-order valence-electron chi connectivity index (χ0n) is 19.1. The fourth-order valence-electron chi connectivity index (χ4n) is 3.11. The van der Waals surface area contributed by atoms with Gasteiger partial charge in [-0.1, -0.05) is 37.3 Å². The maximum atomic E-state index is 14.4. The van der Waals surface area contributed by atoms with Crippen molar-refractivity contribution in [1.82, 2.24) is 10.2 Å². The number of rotatable bonds is 10. The topological polar surface area (TPSA) is 86.8 Å². The molecule has 0 radical (unpaired) electrons. The minimum Gasteiger partial charge on any atom is -0.352 e. The summed E-state index contributed by atoms with van der Waals surface area (Å²) in [5.74, 6) is -1.55. The van der Waals surface area contributed by atoms with Crippen LogP contribution in [0.5, 0.6) is 0 Å². The van der Waals surface area contributed by atoms with Crippen molar-refractivity contribution in [2.45, 2.75) is 45.8 Å². The normalized spacial score (nSPS) is 13.2. The van der Waals surface area contributed by atoms with Crippen molar-refractivity contribution in [2.24, 2.45) is 0 Å². The lowest BCUT2D eigenvalue weighted by Crippen LogP contribution is -2.52. The molecule has 180 valence electrons. The summed E-state index contributed by atoms with van der Waals surface area (Å²) in [6, 6.07) is 11.5. The molecular weight excluding hydrogens is 513 g/mol. The van der Waals surface area contributed by atoms with Crippen molar-refractivity contribution >= 4 is 43.5 Å². The second-order valence-electron chi connectivity index (χ2n) is 7.83. The molecule has 0 aliphatic heterocycles. The molecule has 2 aromatic rings. The lowest BCUT2D eigenvalue weighted by molar-refractivity contribution is -0.139. The van der Waals surface area contributed by atoms with Crippen molar-refractivity contribution in [3.8, 4) is 0 Å². The highest BCUT2D eigenvalue weighted by atomic mass is 79.9.